The van der Waals surface area contributed by atoms with Crippen molar-refractivity contribution in [1.82, 2.24) is 10.2 Å². The summed E-state index contributed by atoms with van der Waals surface area (Å²) in [6.07, 6.45) is 1.74. The molecule has 0 spiro atoms. The normalized spacial score (nSPS) is 17.7. The Morgan fingerprint density at radius 3 is 2.57 bits per heavy atom. The Labute approximate surface area is 124 Å². The highest BCUT2D eigenvalue weighted by Crippen LogP contribution is 2.11. The van der Waals surface area contributed by atoms with Crippen LogP contribution in [0, 0.1) is 6.92 Å². The lowest BCUT2D eigenvalue weighted by molar-refractivity contribution is 0.0914. The molecule has 4 N–H and O–H groups in total. The van der Waals surface area contributed by atoms with Gasteiger partial charge >= 0.3 is 0 Å². The summed E-state index contributed by atoms with van der Waals surface area (Å²) in [6.45, 7) is 4.12. The van der Waals surface area contributed by atoms with Gasteiger partial charge in [-0.2, -0.15) is 0 Å². The van der Waals surface area contributed by atoms with E-state index < -0.39 is 0 Å². The molecular weight excluding hydrogens is 268 g/mol. The third-order valence-corrected chi connectivity index (χ3v) is 3.75. The highest BCUT2D eigenvalue weighted by molar-refractivity contribution is 5.94. The van der Waals surface area contributed by atoms with Crippen molar-refractivity contribution in [3.05, 3.63) is 35.4 Å². The van der Waals surface area contributed by atoms with Crippen molar-refractivity contribution in [3.63, 3.8) is 0 Å². The van der Waals surface area contributed by atoms with Gasteiger partial charge in [0, 0.05) is 24.7 Å². The van der Waals surface area contributed by atoms with Crippen molar-refractivity contribution < 1.29 is 10.0 Å². The van der Waals surface area contributed by atoms with Gasteiger partial charge in [0.2, 0.25) is 0 Å². The largest absolute Gasteiger partial charge is 0.409 e. The maximum Gasteiger partial charge on any atom is 0.251 e. The van der Waals surface area contributed by atoms with E-state index in [2.05, 4.69) is 15.4 Å². The number of likely N-dealkylation sites (tertiary alicyclic amines) is 1. The molecule has 114 valence electrons. The monoisotopic (exact) mass is 290 g/mol. The number of carbonyl (C=O) groups excluding carboxylic acids is 1. The van der Waals surface area contributed by atoms with Gasteiger partial charge in [0.25, 0.3) is 5.91 Å². The minimum atomic E-state index is -0.0233. The minimum Gasteiger partial charge on any atom is -0.409 e. The first-order valence-electron chi connectivity index (χ1n) is 7.15. The predicted octanol–water partition coefficient (Wildman–Crippen LogP) is 0.936. The maximum absolute atomic E-state index is 12.1. The number of piperidine rings is 1. The molecule has 1 amide bonds. The average molecular weight is 290 g/mol. The van der Waals surface area contributed by atoms with E-state index in [9.17, 15) is 4.79 Å². The molecule has 0 bridgehead atoms. The van der Waals surface area contributed by atoms with Gasteiger partial charge in [-0.1, -0.05) is 22.9 Å². The summed E-state index contributed by atoms with van der Waals surface area (Å²) >= 11 is 0. The van der Waals surface area contributed by atoms with Gasteiger partial charge in [-0.25, -0.2) is 0 Å². The summed E-state index contributed by atoms with van der Waals surface area (Å²) in [6, 6.07) is 7.75. The van der Waals surface area contributed by atoms with Gasteiger partial charge in [-0.3, -0.25) is 9.69 Å². The lowest BCUT2D eigenvalue weighted by atomic mass is 10.0. The number of rotatable bonds is 4. The number of amidine groups is 1. The highest BCUT2D eigenvalue weighted by Gasteiger charge is 2.21. The number of nitrogens with two attached hydrogens (primary N) is 1. The number of nitrogens with zero attached hydrogens (tertiary/aromatic N) is 2. The van der Waals surface area contributed by atoms with Crippen molar-refractivity contribution in [2.24, 2.45) is 10.9 Å². The van der Waals surface area contributed by atoms with Crippen LogP contribution in [0.3, 0.4) is 0 Å². The van der Waals surface area contributed by atoms with Gasteiger partial charge in [0.1, 0.15) is 0 Å². The summed E-state index contributed by atoms with van der Waals surface area (Å²) in [5.41, 5.74) is 7.33. The fourth-order valence-electron chi connectivity index (χ4n) is 2.47. The number of aryl methyl sites for hydroxylation is 1. The Balaban J connectivity index is 1.80. The second-order valence-corrected chi connectivity index (χ2v) is 5.48. The number of hydrogen-bond acceptors (Lipinski definition) is 4. The molecule has 0 unspecified atom stereocenters. The van der Waals surface area contributed by atoms with E-state index in [1.54, 1.807) is 0 Å². The summed E-state index contributed by atoms with van der Waals surface area (Å²) < 4.78 is 0. The van der Waals surface area contributed by atoms with Crippen LogP contribution in [0.15, 0.2) is 29.4 Å². The van der Waals surface area contributed by atoms with Gasteiger partial charge in [-0.05, 0) is 31.9 Å². The Morgan fingerprint density at radius 1 is 1.38 bits per heavy atom. The molecule has 0 atom stereocenters. The number of nitrogens with one attached hydrogen (secondary N) is 1. The summed E-state index contributed by atoms with van der Waals surface area (Å²) in [7, 11) is 0. The van der Waals surface area contributed by atoms with Crippen LogP contribution in [-0.2, 0) is 0 Å². The molecule has 1 aliphatic rings. The first kappa shape index (κ1) is 15.3. The Morgan fingerprint density at radius 2 is 2.00 bits per heavy atom. The Bertz CT molecular complexity index is 505. The molecule has 2 rings (SSSR count). The quantitative estimate of drug-likeness (QED) is 0.333. The second-order valence-electron chi connectivity index (χ2n) is 5.48. The van der Waals surface area contributed by atoms with E-state index in [0.717, 1.165) is 31.5 Å². The van der Waals surface area contributed by atoms with Gasteiger partial charge < -0.3 is 16.3 Å². The van der Waals surface area contributed by atoms with Crippen molar-refractivity contribution in [2.75, 3.05) is 19.6 Å². The number of carbonyl (C=O) groups is 1. The van der Waals surface area contributed by atoms with Crippen LogP contribution in [0.5, 0.6) is 0 Å². The van der Waals surface area contributed by atoms with Crippen LogP contribution in [0.25, 0.3) is 0 Å². The first-order valence-corrected chi connectivity index (χ1v) is 7.15. The smallest absolute Gasteiger partial charge is 0.251 e. The third-order valence-electron chi connectivity index (χ3n) is 3.75. The number of hydrogen-bond donors (Lipinski definition) is 3. The van der Waals surface area contributed by atoms with Crippen LogP contribution < -0.4 is 11.1 Å². The summed E-state index contributed by atoms with van der Waals surface area (Å²) in [4.78, 5) is 14.2. The Kier molecular flexibility index (Phi) is 5.16. The predicted molar refractivity (Wildman–Crippen MR) is 81.5 cm³/mol. The average Bonchev–Trinajstić information content (AvgIpc) is 2.49. The van der Waals surface area contributed by atoms with Crippen molar-refractivity contribution in [3.8, 4) is 0 Å². The fourth-order valence-corrected chi connectivity index (χ4v) is 2.47. The van der Waals surface area contributed by atoms with Crippen molar-refractivity contribution in [2.45, 2.75) is 25.8 Å². The van der Waals surface area contributed by atoms with Gasteiger partial charge in [0.15, 0.2) is 5.84 Å². The summed E-state index contributed by atoms with van der Waals surface area (Å²) in [5, 5.41) is 14.6. The second kappa shape index (κ2) is 7.08. The molecule has 0 aromatic heterocycles. The Hall–Kier alpha value is -2.08. The molecule has 1 saturated heterocycles. The zero-order chi connectivity index (χ0) is 15.2. The van der Waals surface area contributed by atoms with Gasteiger partial charge in [-0.15, -0.1) is 0 Å². The van der Waals surface area contributed by atoms with Crippen LogP contribution in [0.4, 0.5) is 0 Å². The van der Waals surface area contributed by atoms with Crippen LogP contribution in [0.2, 0.25) is 0 Å². The number of benzene rings is 1. The third kappa shape index (κ3) is 4.46. The van der Waals surface area contributed by atoms with E-state index in [-0.39, 0.29) is 17.8 Å². The highest BCUT2D eigenvalue weighted by atomic mass is 16.4. The molecule has 1 heterocycles. The molecule has 1 aromatic carbocycles. The molecule has 6 heteroatoms. The molecule has 0 radical (unpaired) electrons. The van der Waals surface area contributed by atoms with E-state index in [4.69, 9.17) is 10.9 Å². The lowest BCUT2D eigenvalue weighted by Gasteiger charge is -2.31. The molecule has 6 nitrogen and oxygen atoms in total. The summed E-state index contributed by atoms with van der Waals surface area (Å²) in [5.74, 6) is 0.196. The van der Waals surface area contributed by atoms with Crippen molar-refractivity contribution >= 4 is 11.7 Å². The molecule has 21 heavy (non-hydrogen) atoms. The molecular formula is C15H22N4O2. The van der Waals surface area contributed by atoms with Crippen molar-refractivity contribution in [1.29, 1.82) is 0 Å². The first-order chi connectivity index (χ1) is 10.1. The van der Waals surface area contributed by atoms with E-state index >= 15 is 0 Å². The van der Waals surface area contributed by atoms with E-state index in [0.29, 0.717) is 12.1 Å². The molecule has 0 saturated carbocycles. The molecule has 0 aliphatic carbocycles. The zero-order valence-electron chi connectivity index (χ0n) is 12.2. The van der Waals surface area contributed by atoms with Crippen LogP contribution >= 0.6 is 0 Å². The minimum absolute atomic E-state index is 0.0233. The molecule has 1 aromatic rings. The molecule has 1 aliphatic heterocycles. The maximum atomic E-state index is 12.1. The van der Waals surface area contributed by atoms with Crippen LogP contribution in [0.1, 0.15) is 28.8 Å². The number of oxime groups is 1. The number of amides is 1. The van der Waals surface area contributed by atoms with Gasteiger partial charge in [0.05, 0.1) is 6.54 Å². The standard InChI is InChI=1S/C15H22N4O2/c1-11-2-4-12(5-3-11)15(20)17-13-6-8-19(9-7-13)10-14(16)18-21/h2-5,13,21H,6-10H2,1H3,(H2,16,18)(H,17,20). The molecule has 1 fully saturated rings. The van der Waals surface area contributed by atoms with E-state index in [1.807, 2.05) is 31.2 Å². The lowest BCUT2D eigenvalue weighted by Crippen LogP contribution is -2.46. The fraction of sp³-hybridized carbons (Fsp3) is 0.467. The van der Waals surface area contributed by atoms with Crippen LogP contribution in [-0.4, -0.2) is 47.5 Å². The SMILES string of the molecule is Cc1ccc(C(=O)NC2CCN(CC(N)=NO)CC2)cc1. The zero-order valence-corrected chi connectivity index (χ0v) is 12.2. The van der Waals surface area contributed by atoms with E-state index in [1.165, 1.54) is 0 Å². The topological polar surface area (TPSA) is 91.0 Å².